The van der Waals surface area contributed by atoms with Gasteiger partial charge in [-0.3, -0.25) is 4.79 Å². The normalized spacial score (nSPS) is 9.61. The smallest absolute Gasteiger partial charge is 0.335 e. The molecule has 0 aromatic heterocycles. The minimum Gasteiger partial charge on any atom is -0.478 e. The lowest BCUT2D eigenvalue weighted by molar-refractivity contribution is -0.117. The third kappa shape index (κ3) is 3.95. The summed E-state index contributed by atoms with van der Waals surface area (Å²) in [6.45, 7) is -0.309. The molecule has 0 spiro atoms. The van der Waals surface area contributed by atoms with E-state index < -0.39 is 17.9 Å². The van der Waals surface area contributed by atoms with Gasteiger partial charge in [-0.1, -0.05) is 11.6 Å². The van der Waals surface area contributed by atoms with Gasteiger partial charge in [0.15, 0.2) is 0 Å². The van der Waals surface area contributed by atoms with Gasteiger partial charge in [0, 0.05) is 0 Å². The number of carbonyl (C=O) groups excluding carboxylic acids is 2. The summed E-state index contributed by atoms with van der Waals surface area (Å²) >= 11 is 5.78. The fourth-order valence-electron chi connectivity index (χ4n) is 1.08. The van der Waals surface area contributed by atoms with E-state index in [1.54, 1.807) is 0 Å². The van der Waals surface area contributed by atoms with Gasteiger partial charge in [0.1, 0.15) is 0 Å². The molecule has 0 unspecified atom stereocenters. The largest absolute Gasteiger partial charge is 0.478 e. The zero-order chi connectivity index (χ0) is 13.7. The Labute approximate surface area is 107 Å². The predicted octanol–water partition coefficient (Wildman–Crippen LogP) is 0.645. The third-order valence-electron chi connectivity index (χ3n) is 1.89. The SMILES string of the molecule is NC(=O)CNC(=O)Nc1ccc(C(=O)O)cc1Cl. The van der Waals surface area contributed by atoms with Crippen molar-refractivity contribution >= 4 is 35.2 Å². The molecular weight excluding hydrogens is 262 g/mol. The van der Waals surface area contributed by atoms with E-state index in [2.05, 4.69) is 10.6 Å². The van der Waals surface area contributed by atoms with Crippen molar-refractivity contribution in [2.45, 2.75) is 0 Å². The number of amides is 3. The number of hydrogen-bond acceptors (Lipinski definition) is 3. The fraction of sp³-hybridized carbons (Fsp3) is 0.100. The Bertz CT molecular complexity index is 504. The van der Waals surface area contributed by atoms with Crippen LogP contribution in [0, 0.1) is 0 Å². The second-order valence-corrected chi connectivity index (χ2v) is 3.68. The number of anilines is 1. The van der Waals surface area contributed by atoms with Gasteiger partial charge in [-0.25, -0.2) is 9.59 Å². The van der Waals surface area contributed by atoms with Crippen LogP contribution in [0.25, 0.3) is 0 Å². The number of carboxylic acid groups (broad SMARTS) is 1. The van der Waals surface area contributed by atoms with Crippen molar-refractivity contribution in [2.75, 3.05) is 11.9 Å². The molecule has 3 amide bonds. The van der Waals surface area contributed by atoms with Crippen LogP contribution < -0.4 is 16.4 Å². The Morgan fingerprint density at radius 2 is 2.00 bits per heavy atom. The third-order valence-corrected chi connectivity index (χ3v) is 2.20. The standard InChI is InChI=1S/C10H10ClN3O4/c11-6-3-5(9(16)17)1-2-7(6)14-10(18)13-4-8(12)15/h1-3H,4H2,(H2,12,15)(H,16,17)(H2,13,14,18). The molecule has 7 nitrogen and oxygen atoms in total. The number of nitrogens with two attached hydrogens (primary N) is 1. The van der Waals surface area contributed by atoms with Gasteiger partial charge in [0.25, 0.3) is 0 Å². The Hall–Kier alpha value is -2.28. The molecule has 5 N–H and O–H groups in total. The Morgan fingerprint density at radius 1 is 1.33 bits per heavy atom. The fourth-order valence-corrected chi connectivity index (χ4v) is 1.31. The van der Waals surface area contributed by atoms with Crippen LogP contribution in [0.1, 0.15) is 10.4 Å². The van der Waals surface area contributed by atoms with Crippen molar-refractivity contribution in [3.05, 3.63) is 28.8 Å². The van der Waals surface area contributed by atoms with E-state index in [1.165, 1.54) is 18.2 Å². The maximum atomic E-state index is 11.3. The molecule has 8 heteroatoms. The molecule has 0 aliphatic heterocycles. The molecule has 96 valence electrons. The quantitative estimate of drug-likeness (QED) is 0.642. The Balaban J connectivity index is 2.70. The van der Waals surface area contributed by atoms with E-state index in [-0.39, 0.29) is 22.8 Å². The second-order valence-electron chi connectivity index (χ2n) is 3.27. The highest BCUT2D eigenvalue weighted by Crippen LogP contribution is 2.22. The maximum Gasteiger partial charge on any atom is 0.335 e. The lowest BCUT2D eigenvalue weighted by atomic mass is 10.2. The predicted molar refractivity (Wildman–Crippen MR) is 64.6 cm³/mol. The first-order valence-corrected chi connectivity index (χ1v) is 5.14. The first kappa shape index (κ1) is 13.8. The van der Waals surface area contributed by atoms with Crippen LogP contribution in [-0.2, 0) is 4.79 Å². The molecule has 0 radical (unpaired) electrons. The molecule has 0 saturated carbocycles. The zero-order valence-corrected chi connectivity index (χ0v) is 9.82. The summed E-state index contributed by atoms with van der Waals surface area (Å²) in [4.78, 5) is 32.4. The van der Waals surface area contributed by atoms with Crippen molar-refractivity contribution in [1.29, 1.82) is 0 Å². The van der Waals surface area contributed by atoms with Crippen molar-refractivity contribution in [3.63, 3.8) is 0 Å². The lowest BCUT2D eigenvalue weighted by Crippen LogP contribution is -2.36. The summed E-state index contributed by atoms with van der Waals surface area (Å²) in [5.41, 5.74) is 5.07. The highest BCUT2D eigenvalue weighted by atomic mass is 35.5. The number of primary amides is 1. The van der Waals surface area contributed by atoms with Crippen LogP contribution >= 0.6 is 11.6 Å². The molecule has 1 aromatic carbocycles. The molecule has 0 atom stereocenters. The van der Waals surface area contributed by atoms with E-state index in [0.717, 1.165) is 0 Å². The molecule has 18 heavy (non-hydrogen) atoms. The first-order valence-electron chi connectivity index (χ1n) is 4.76. The summed E-state index contributed by atoms with van der Waals surface area (Å²) in [6, 6.07) is 3.17. The van der Waals surface area contributed by atoms with Crippen LogP contribution in [-0.4, -0.2) is 29.6 Å². The van der Waals surface area contributed by atoms with E-state index in [9.17, 15) is 14.4 Å². The highest BCUT2D eigenvalue weighted by molar-refractivity contribution is 6.34. The number of carboxylic acids is 1. The summed E-state index contributed by atoms with van der Waals surface area (Å²) in [7, 11) is 0. The van der Waals surface area contributed by atoms with E-state index in [4.69, 9.17) is 22.4 Å². The monoisotopic (exact) mass is 271 g/mol. The van der Waals surface area contributed by atoms with Gasteiger partial charge in [0.05, 0.1) is 22.8 Å². The van der Waals surface area contributed by atoms with Gasteiger partial charge >= 0.3 is 12.0 Å². The number of rotatable bonds is 4. The number of halogens is 1. The summed E-state index contributed by atoms with van der Waals surface area (Å²) in [5, 5.41) is 13.3. The number of nitrogens with one attached hydrogen (secondary N) is 2. The van der Waals surface area contributed by atoms with Crippen molar-refractivity contribution in [1.82, 2.24) is 5.32 Å². The molecule has 0 bridgehead atoms. The molecule has 1 rings (SSSR count). The molecule has 0 heterocycles. The van der Waals surface area contributed by atoms with Crippen LogP contribution in [0.4, 0.5) is 10.5 Å². The maximum absolute atomic E-state index is 11.3. The van der Waals surface area contributed by atoms with Crippen LogP contribution in [0.15, 0.2) is 18.2 Å². The van der Waals surface area contributed by atoms with Crippen molar-refractivity contribution in [3.8, 4) is 0 Å². The van der Waals surface area contributed by atoms with Crippen LogP contribution in [0.2, 0.25) is 5.02 Å². The van der Waals surface area contributed by atoms with E-state index >= 15 is 0 Å². The van der Waals surface area contributed by atoms with Gasteiger partial charge in [0.2, 0.25) is 5.91 Å². The zero-order valence-electron chi connectivity index (χ0n) is 9.07. The number of hydrogen-bond donors (Lipinski definition) is 4. The molecule has 0 fully saturated rings. The Morgan fingerprint density at radius 3 is 2.50 bits per heavy atom. The average Bonchev–Trinajstić information content (AvgIpc) is 2.29. The van der Waals surface area contributed by atoms with Gasteiger partial charge in [-0.2, -0.15) is 0 Å². The number of aromatic carboxylic acids is 1. The van der Waals surface area contributed by atoms with Crippen molar-refractivity contribution < 1.29 is 19.5 Å². The lowest BCUT2D eigenvalue weighted by Gasteiger charge is -2.08. The van der Waals surface area contributed by atoms with Gasteiger partial charge in [-0.05, 0) is 18.2 Å². The van der Waals surface area contributed by atoms with E-state index in [0.29, 0.717) is 0 Å². The number of urea groups is 1. The van der Waals surface area contributed by atoms with Crippen LogP contribution in [0.3, 0.4) is 0 Å². The molecule has 0 saturated heterocycles. The second kappa shape index (κ2) is 5.87. The summed E-state index contributed by atoms with van der Waals surface area (Å²) in [6.07, 6.45) is 0. The van der Waals surface area contributed by atoms with E-state index in [1.807, 2.05) is 0 Å². The number of benzene rings is 1. The topological polar surface area (TPSA) is 122 Å². The molecule has 0 aliphatic carbocycles. The van der Waals surface area contributed by atoms with Crippen LogP contribution in [0.5, 0.6) is 0 Å². The molecular formula is C10H10ClN3O4. The number of carbonyl (C=O) groups is 3. The van der Waals surface area contributed by atoms with Crippen molar-refractivity contribution in [2.24, 2.45) is 5.73 Å². The Kier molecular flexibility index (Phi) is 4.50. The minimum absolute atomic E-state index is 0.00286. The van der Waals surface area contributed by atoms with Gasteiger partial charge < -0.3 is 21.5 Å². The first-order chi connectivity index (χ1) is 8.40. The summed E-state index contributed by atoms with van der Waals surface area (Å²) in [5.74, 6) is -1.81. The summed E-state index contributed by atoms with van der Waals surface area (Å²) < 4.78 is 0. The average molecular weight is 272 g/mol. The van der Waals surface area contributed by atoms with Gasteiger partial charge in [-0.15, -0.1) is 0 Å². The minimum atomic E-state index is -1.12. The molecule has 1 aromatic rings. The molecule has 0 aliphatic rings. The highest BCUT2D eigenvalue weighted by Gasteiger charge is 2.09.